The Hall–Kier alpha value is -1.14. The van der Waals surface area contributed by atoms with Crippen LogP contribution in [0.25, 0.3) is 0 Å². The summed E-state index contributed by atoms with van der Waals surface area (Å²) in [5.74, 6) is -0.0120. The maximum Gasteiger partial charge on any atom is 0.305 e. The number of hydrogen-bond acceptors (Lipinski definition) is 5. The van der Waals surface area contributed by atoms with Gasteiger partial charge in [0.1, 0.15) is 0 Å². The Labute approximate surface area is 483 Å². The molecule has 3 N–H and O–H groups in total. The summed E-state index contributed by atoms with van der Waals surface area (Å²) in [6.07, 6.45) is 81.5. The lowest BCUT2D eigenvalue weighted by molar-refractivity contribution is -0.143. The normalized spacial score (nSPS) is 12.4. The van der Waals surface area contributed by atoms with E-state index in [0.29, 0.717) is 25.9 Å². The van der Waals surface area contributed by atoms with Crippen molar-refractivity contribution in [3.8, 4) is 0 Å². The highest BCUT2D eigenvalue weighted by molar-refractivity contribution is 5.76. The zero-order chi connectivity index (χ0) is 55.7. The SMILES string of the molecule is CCCCCCCCCCCCCCCCCCCCCCC(O)C(CO)NC(=O)CCCCCCCCCCCCCCCCCCCCCCCOC(=O)CCCCCCCCCCCCCCCCCCCCC. The first kappa shape index (κ1) is 75.9. The predicted molar refractivity (Wildman–Crippen MR) is 338 cm³/mol. The van der Waals surface area contributed by atoms with Crippen LogP contribution in [0.4, 0.5) is 0 Å². The summed E-state index contributed by atoms with van der Waals surface area (Å²) in [6.45, 7) is 5.01. The number of amides is 1. The molecule has 0 rings (SSSR count). The number of rotatable bonds is 68. The van der Waals surface area contributed by atoms with Gasteiger partial charge in [0, 0.05) is 12.8 Å². The van der Waals surface area contributed by atoms with Crippen molar-refractivity contribution < 1.29 is 24.5 Å². The summed E-state index contributed by atoms with van der Waals surface area (Å²) in [7, 11) is 0. The van der Waals surface area contributed by atoms with Gasteiger partial charge in [-0.15, -0.1) is 0 Å². The first-order chi connectivity index (χ1) is 38.0. The molecule has 0 aromatic carbocycles. The number of carbonyl (C=O) groups excluding carboxylic acids is 2. The van der Waals surface area contributed by atoms with Crippen LogP contribution < -0.4 is 5.32 Å². The molecule has 77 heavy (non-hydrogen) atoms. The third-order valence-electron chi connectivity index (χ3n) is 17.2. The Bertz CT molecular complexity index is 1120. The molecule has 2 unspecified atom stereocenters. The van der Waals surface area contributed by atoms with Crippen LogP contribution in [0.15, 0.2) is 0 Å². The molecule has 6 heteroatoms. The number of carbonyl (C=O) groups is 2. The van der Waals surface area contributed by atoms with E-state index in [2.05, 4.69) is 19.2 Å². The summed E-state index contributed by atoms with van der Waals surface area (Å²) < 4.78 is 5.51. The predicted octanol–water partition coefficient (Wildman–Crippen LogP) is 23.0. The van der Waals surface area contributed by atoms with Crippen LogP contribution in [0.5, 0.6) is 0 Å². The summed E-state index contributed by atoms with van der Waals surface area (Å²) >= 11 is 0. The molecule has 6 nitrogen and oxygen atoms in total. The summed E-state index contributed by atoms with van der Waals surface area (Å²) in [5, 5.41) is 23.4. The molecular formula is C71H141NO5. The highest BCUT2D eigenvalue weighted by atomic mass is 16.5. The third-order valence-corrected chi connectivity index (χ3v) is 17.2. The molecule has 460 valence electrons. The van der Waals surface area contributed by atoms with Gasteiger partial charge >= 0.3 is 5.97 Å². The molecule has 0 radical (unpaired) electrons. The molecule has 0 aromatic heterocycles. The van der Waals surface area contributed by atoms with Gasteiger partial charge in [0.15, 0.2) is 0 Å². The van der Waals surface area contributed by atoms with Crippen LogP contribution >= 0.6 is 0 Å². The van der Waals surface area contributed by atoms with E-state index in [1.54, 1.807) is 0 Å². The second-order valence-corrected chi connectivity index (χ2v) is 24.9. The Morgan fingerprint density at radius 2 is 0.532 bits per heavy atom. The van der Waals surface area contributed by atoms with Gasteiger partial charge in [0.05, 0.1) is 25.4 Å². The summed E-state index contributed by atoms with van der Waals surface area (Å²) in [6, 6.07) is -0.542. The van der Waals surface area contributed by atoms with Gasteiger partial charge in [-0.1, -0.05) is 380 Å². The van der Waals surface area contributed by atoms with E-state index in [1.165, 1.54) is 347 Å². The van der Waals surface area contributed by atoms with E-state index < -0.39 is 12.1 Å². The Kier molecular flexibility index (Phi) is 66.4. The summed E-state index contributed by atoms with van der Waals surface area (Å²) in [5.41, 5.74) is 0. The standard InChI is InChI=1S/C71H141NO5/c1-3-5-7-9-11-13-15-17-19-21-23-28-31-35-39-43-47-51-55-59-63-69(74)68(67-73)72-70(75)64-60-56-52-48-44-40-36-32-29-25-24-26-30-34-38-42-46-50-54-58-62-66-77-71(76)65-61-57-53-49-45-41-37-33-27-22-20-18-16-14-12-10-8-6-4-2/h68-69,73-74H,3-67H2,1-2H3,(H,72,75). The molecule has 0 saturated carbocycles. The second kappa shape index (κ2) is 67.4. The van der Waals surface area contributed by atoms with Gasteiger partial charge in [0.25, 0.3) is 0 Å². The Morgan fingerprint density at radius 1 is 0.312 bits per heavy atom. The topological polar surface area (TPSA) is 95.9 Å². The molecule has 0 heterocycles. The number of aliphatic hydroxyl groups excluding tert-OH is 2. The van der Waals surface area contributed by atoms with Crippen LogP contribution in [0.1, 0.15) is 418 Å². The molecule has 0 aliphatic rings. The van der Waals surface area contributed by atoms with Crippen LogP contribution in [-0.2, 0) is 14.3 Å². The monoisotopic (exact) mass is 1090 g/mol. The smallest absolute Gasteiger partial charge is 0.305 e. The van der Waals surface area contributed by atoms with Crippen LogP contribution in [-0.4, -0.2) is 47.4 Å². The fourth-order valence-electron chi connectivity index (χ4n) is 11.7. The van der Waals surface area contributed by atoms with Crippen LogP contribution in [0, 0.1) is 0 Å². The van der Waals surface area contributed by atoms with Crippen molar-refractivity contribution in [1.29, 1.82) is 0 Å². The van der Waals surface area contributed by atoms with Gasteiger partial charge in [-0.25, -0.2) is 0 Å². The zero-order valence-electron chi connectivity index (χ0n) is 52.7. The fraction of sp³-hybridized carbons (Fsp3) is 0.972. The van der Waals surface area contributed by atoms with E-state index in [9.17, 15) is 19.8 Å². The maximum absolute atomic E-state index is 12.5. The van der Waals surface area contributed by atoms with E-state index >= 15 is 0 Å². The van der Waals surface area contributed by atoms with E-state index in [1.807, 2.05) is 0 Å². The van der Waals surface area contributed by atoms with Gasteiger partial charge < -0.3 is 20.3 Å². The fourth-order valence-corrected chi connectivity index (χ4v) is 11.7. The molecule has 2 atom stereocenters. The molecule has 0 aromatic rings. The van der Waals surface area contributed by atoms with Crippen molar-refractivity contribution in [2.24, 2.45) is 0 Å². The molecule has 0 fully saturated rings. The van der Waals surface area contributed by atoms with E-state index in [0.717, 1.165) is 38.5 Å². The van der Waals surface area contributed by atoms with Crippen LogP contribution in [0.2, 0.25) is 0 Å². The number of nitrogens with one attached hydrogen (secondary N) is 1. The van der Waals surface area contributed by atoms with E-state index in [-0.39, 0.29) is 18.5 Å². The first-order valence-corrected chi connectivity index (χ1v) is 35.8. The van der Waals surface area contributed by atoms with Gasteiger partial charge in [-0.3, -0.25) is 9.59 Å². The van der Waals surface area contributed by atoms with Crippen molar-refractivity contribution in [2.75, 3.05) is 13.2 Å². The Morgan fingerprint density at radius 3 is 0.792 bits per heavy atom. The largest absolute Gasteiger partial charge is 0.466 e. The van der Waals surface area contributed by atoms with Crippen molar-refractivity contribution in [2.45, 2.75) is 431 Å². The second-order valence-electron chi connectivity index (χ2n) is 24.9. The number of unbranched alkanes of at least 4 members (excludes halogenated alkanes) is 57. The highest BCUT2D eigenvalue weighted by Gasteiger charge is 2.20. The number of ether oxygens (including phenoxy) is 1. The average Bonchev–Trinajstić information content (AvgIpc) is 3.43. The number of aliphatic hydroxyl groups is 2. The van der Waals surface area contributed by atoms with Crippen molar-refractivity contribution in [3.63, 3.8) is 0 Å². The minimum Gasteiger partial charge on any atom is -0.466 e. The molecule has 0 aliphatic carbocycles. The quantitative estimate of drug-likeness (QED) is 0.0417. The molecule has 0 bridgehead atoms. The van der Waals surface area contributed by atoms with Gasteiger partial charge in [0.2, 0.25) is 5.91 Å². The molecule has 0 aliphatic heterocycles. The van der Waals surface area contributed by atoms with Gasteiger partial charge in [-0.2, -0.15) is 0 Å². The Balaban J connectivity index is 3.35. The zero-order valence-corrected chi connectivity index (χ0v) is 52.7. The highest BCUT2D eigenvalue weighted by Crippen LogP contribution is 2.20. The lowest BCUT2D eigenvalue weighted by Gasteiger charge is -2.22. The number of esters is 1. The minimum absolute atomic E-state index is 0.0185. The third kappa shape index (κ3) is 63.9. The lowest BCUT2D eigenvalue weighted by Crippen LogP contribution is -2.45. The molecule has 1 amide bonds. The molecular weight excluding hydrogens is 947 g/mol. The lowest BCUT2D eigenvalue weighted by atomic mass is 10.0. The van der Waals surface area contributed by atoms with Crippen LogP contribution in [0.3, 0.4) is 0 Å². The van der Waals surface area contributed by atoms with Gasteiger partial charge in [-0.05, 0) is 25.7 Å². The molecule has 0 spiro atoms. The molecule has 0 saturated heterocycles. The maximum atomic E-state index is 12.5. The van der Waals surface area contributed by atoms with E-state index in [4.69, 9.17) is 4.74 Å². The van der Waals surface area contributed by atoms with Crippen molar-refractivity contribution in [3.05, 3.63) is 0 Å². The first-order valence-electron chi connectivity index (χ1n) is 35.8. The van der Waals surface area contributed by atoms with Crippen molar-refractivity contribution in [1.82, 2.24) is 5.32 Å². The average molecular weight is 1090 g/mol. The van der Waals surface area contributed by atoms with Crippen molar-refractivity contribution >= 4 is 11.9 Å². The summed E-state index contributed by atoms with van der Waals surface area (Å²) in [4.78, 5) is 24.7. The minimum atomic E-state index is -0.665. The number of hydrogen-bond donors (Lipinski definition) is 3.